The van der Waals surface area contributed by atoms with Crippen LogP contribution in [-0.2, 0) is 46.7 Å². The van der Waals surface area contributed by atoms with Gasteiger partial charge in [-0.1, -0.05) is 0 Å². The molecule has 4 heavy (non-hydrogen) atoms. The van der Waals surface area contributed by atoms with Gasteiger partial charge in [-0.25, -0.2) is 0 Å². The van der Waals surface area contributed by atoms with Crippen LogP contribution in [0.3, 0.4) is 0 Å². The fourth-order valence-corrected chi connectivity index (χ4v) is 0. The molecule has 0 saturated heterocycles. The minimum atomic E-state index is 0. The van der Waals surface area contributed by atoms with E-state index in [1.807, 2.05) is 0 Å². The van der Waals surface area contributed by atoms with E-state index in [0.717, 1.165) is 0 Å². The van der Waals surface area contributed by atoms with Gasteiger partial charge in [0.25, 0.3) is 0 Å². The molecule has 0 spiro atoms. The molecule has 0 bridgehead atoms. The molecule has 0 atom stereocenters. The van der Waals surface area contributed by atoms with E-state index >= 15 is 0 Å². The molecular formula is H2MgNbOTa. The fraction of sp³-hybridized carbons (Fsp3) is 0. The number of rotatable bonds is 0. The molecule has 0 aromatic carbocycles. The molecule has 0 aromatic heterocycles. The Kier molecular flexibility index (Phi) is 81.8. The van der Waals surface area contributed by atoms with Crippen LogP contribution in [0.4, 0.5) is 0 Å². The van der Waals surface area contributed by atoms with E-state index in [0.29, 0.717) is 21.0 Å². The van der Waals surface area contributed by atoms with Gasteiger partial charge in [-0.05, 0) is 0 Å². The van der Waals surface area contributed by atoms with Gasteiger partial charge in [0.1, 0.15) is 0 Å². The van der Waals surface area contributed by atoms with Gasteiger partial charge in [-0.3, -0.25) is 0 Å². The molecular weight excluding hydrogens is 314 g/mol. The quantitative estimate of drug-likeness (QED) is 0.562. The third-order valence-corrected chi connectivity index (χ3v) is 0. The van der Waals surface area contributed by atoms with E-state index in [2.05, 4.69) is 0 Å². The molecule has 1 radical (unpaired) electrons. The molecule has 0 aliphatic carbocycles. The van der Waals surface area contributed by atoms with Crippen molar-refractivity contribution in [1.82, 2.24) is 0 Å². The van der Waals surface area contributed by atoms with E-state index in [1.165, 1.54) is 0 Å². The van der Waals surface area contributed by atoms with Gasteiger partial charge in [-0.2, -0.15) is 0 Å². The van der Waals surface area contributed by atoms with Crippen LogP contribution >= 0.6 is 0 Å². The average molecular weight is 316 g/mol. The maximum atomic E-state index is 8.30. The van der Waals surface area contributed by atoms with Gasteiger partial charge in [0, 0.05) is 22.4 Å². The van der Waals surface area contributed by atoms with Crippen molar-refractivity contribution < 1.29 is 49.5 Å². The maximum absolute atomic E-state index is 8.30. The Bertz CT molecular complexity index is 13.5. The summed E-state index contributed by atoms with van der Waals surface area (Å²) in [7, 11) is 0. The zero-order valence-electron chi connectivity index (χ0n) is 4.01. The molecule has 0 heterocycles. The summed E-state index contributed by atoms with van der Waals surface area (Å²) >= 11 is 0.500. The second-order valence-corrected chi connectivity index (χ2v) is 0. The molecule has 1 nitrogen and oxygen atoms in total. The largest absolute Gasteiger partial charge is 0 e. The second-order valence-electron chi connectivity index (χ2n) is 0. The molecule has 0 N–H and O–H groups in total. The molecule has 0 rings (SSSR count). The van der Waals surface area contributed by atoms with Crippen molar-refractivity contribution in [2.75, 3.05) is 0 Å². The minimum absolute atomic E-state index is 0. The normalized spacial score (nSPS) is 0.750. The standard InChI is InChI=1S/Mg.Nb.O.Ta.2H/q+2;;;;2*-1. The zero-order valence-corrected chi connectivity index (χ0v) is 8.84. The summed E-state index contributed by atoms with van der Waals surface area (Å²) in [5.41, 5.74) is 0. The first kappa shape index (κ1) is 16.6. The van der Waals surface area contributed by atoms with Gasteiger partial charge < -0.3 is 2.85 Å². The predicted molar refractivity (Wildman–Crippen MR) is 8.66 cm³/mol. The number of hydrogen-bond donors (Lipinski definition) is 0. The van der Waals surface area contributed by atoms with E-state index in [9.17, 15) is 0 Å². The van der Waals surface area contributed by atoms with Crippen molar-refractivity contribution in [3.8, 4) is 0 Å². The van der Waals surface area contributed by atoms with Gasteiger partial charge in [0.15, 0.2) is 0 Å². The Labute approximate surface area is 71.8 Å². The van der Waals surface area contributed by atoms with Crippen LogP contribution in [0, 0.1) is 0 Å². The van der Waals surface area contributed by atoms with Crippen LogP contribution in [0.1, 0.15) is 2.85 Å². The van der Waals surface area contributed by atoms with Crippen LogP contribution in [0.2, 0.25) is 0 Å². The molecule has 0 amide bonds. The Hall–Kier alpha value is 2.05. The van der Waals surface area contributed by atoms with Crippen LogP contribution in [-0.4, -0.2) is 23.1 Å². The third-order valence-electron chi connectivity index (χ3n) is 0. The molecule has 4 heteroatoms. The van der Waals surface area contributed by atoms with Crippen molar-refractivity contribution in [2.45, 2.75) is 0 Å². The molecule has 0 aliphatic heterocycles. The van der Waals surface area contributed by atoms with Crippen LogP contribution in [0.15, 0.2) is 0 Å². The third kappa shape index (κ3) is 8.97. The molecule has 20 valence electrons. The first-order valence-corrected chi connectivity index (χ1v) is 1.08. The van der Waals surface area contributed by atoms with Crippen molar-refractivity contribution >= 4 is 23.1 Å². The summed E-state index contributed by atoms with van der Waals surface area (Å²) in [5.74, 6) is 0. The van der Waals surface area contributed by atoms with Crippen molar-refractivity contribution in [3.05, 3.63) is 0 Å². The van der Waals surface area contributed by atoms with Gasteiger partial charge >= 0.3 is 47.3 Å². The van der Waals surface area contributed by atoms with Crippen LogP contribution < -0.4 is 0 Å². The summed E-state index contributed by atoms with van der Waals surface area (Å²) in [6.45, 7) is 0. The molecule has 0 fully saturated rings. The van der Waals surface area contributed by atoms with Gasteiger partial charge in [0.2, 0.25) is 0 Å². The Morgan fingerprint density at radius 3 is 1.50 bits per heavy atom. The Morgan fingerprint density at radius 1 is 1.50 bits per heavy atom. The summed E-state index contributed by atoms with van der Waals surface area (Å²) in [6, 6.07) is 0. The summed E-state index contributed by atoms with van der Waals surface area (Å²) in [4.78, 5) is 0. The Balaban J connectivity index is -0.000000000833. The molecule has 0 aromatic rings. The SMILES string of the molecule is [H-].[H-].[Mg+2].[O]=[Nb].[Ta]. The van der Waals surface area contributed by atoms with Gasteiger partial charge in [-0.15, -0.1) is 0 Å². The van der Waals surface area contributed by atoms with E-state index in [-0.39, 0.29) is 48.3 Å². The monoisotopic (exact) mass is 316 g/mol. The van der Waals surface area contributed by atoms with E-state index in [4.69, 9.17) is 3.25 Å². The average Bonchev–Trinajstić information content (AvgIpc) is 1.00. The predicted octanol–water partition coefficient (Wildman–Crippen LogP) is -0.280. The Morgan fingerprint density at radius 2 is 1.50 bits per heavy atom. The van der Waals surface area contributed by atoms with Crippen molar-refractivity contribution in [3.63, 3.8) is 0 Å². The zero-order chi connectivity index (χ0) is 2.00. The van der Waals surface area contributed by atoms with E-state index < -0.39 is 0 Å². The van der Waals surface area contributed by atoms with Crippen LogP contribution in [0.25, 0.3) is 0 Å². The molecule has 0 unspecified atom stereocenters. The fourth-order valence-electron chi connectivity index (χ4n) is 0. The molecule has 0 saturated carbocycles. The summed E-state index contributed by atoms with van der Waals surface area (Å²) < 4.78 is 8.30. The first-order chi connectivity index (χ1) is 1.00. The van der Waals surface area contributed by atoms with Crippen LogP contribution in [0.5, 0.6) is 0 Å². The van der Waals surface area contributed by atoms with Gasteiger partial charge in [0.05, 0.1) is 0 Å². The van der Waals surface area contributed by atoms with Crippen molar-refractivity contribution in [1.29, 1.82) is 0 Å². The van der Waals surface area contributed by atoms with E-state index in [1.54, 1.807) is 0 Å². The summed E-state index contributed by atoms with van der Waals surface area (Å²) in [6.07, 6.45) is 0. The first-order valence-electron chi connectivity index (χ1n) is 0.183. The summed E-state index contributed by atoms with van der Waals surface area (Å²) in [5, 5.41) is 0. The second kappa shape index (κ2) is 19.7. The maximum Gasteiger partial charge on any atom is 0 e. The van der Waals surface area contributed by atoms with Crippen molar-refractivity contribution in [2.24, 2.45) is 0 Å². The molecule has 0 aliphatic rings. The number of hydrogen-bond acceptors (Lipinski definition) is 1. The topological polar surface area (TPSA) is 17.1 Å². The minimum Gasteiger partial charge on any atom is 0 e. The smallest absolute Gasteiger partial charge is 0 e.